The fourth-order valence-corrected chi connectivity index (χ4v) is 2.94. The van der Waals surface area contributed by atoms with Gasteiger partial charge in [0.25, 0.3) is 0 Å². The third-order valence-corrected chi connectivity index (χ3v) is 3.94. The topological polar surface area (TPSA) is 56.2 Å². The number of nitrogens with zero attached hydrogens (tertiary/aromatic N) is 3. The summed E-state index contributed by atoms with van der Waals surface area (Å²) in [5.41, 5.74) is 13.3. The Morgan fingerprint density at radius 3 is 3.05 bits per heavy atom. The van der Waals surface area contributed by atoms with Gasteiger partial charge in [-0.2, -0.15) is 0 Å². The summed E-state index contributed by atoms with van der Waals surface area (Å²) in [7, 11) is 0. The smallest absolute Gasteiger partial charge is 0.0871 e. The van der Waals surface area contributed by atoms with Crippen molar-refractivity contribution in [2.24, 2.45) is 0 Å². The zero-order valence-electron chi connectivity index (χ0n) is 10.5. The van der Waals surface area contributed by atoms with Gasteiger partial charge in [0.1, 0.15) is 0 Å². The van der Waals surface area contributed by atoms with Crippen LogP contribution in [0.25, 0.3) is 16.6 Å². The summed E-state index contributed by atoms with van der Waals surface area (Å²) in [5.74, 6) is 0. The Morgan fingerprint density at radius 2 is 2.11 bits per heavy atom. The normalized spacial score (nSPS) is 13.9. The Labute approximate surface area is 110 Å². The van der Waals surface area contributed by atoms with Crippen LogP contribution in [0, 0.1) is 0 Å². The highest BCUT2D eigenvalue weighted by Crippen LogP contribution is 2.35. The van der Waals surface area contributed by atoms with E-state index in [2.05, 4.69) is 28.5 Å². The van der Waals surface area contributed by atoms with Gasteiger partial charge in [0.15, 0.2) is 0 Å². The van der Waals surface area contributed by atoms with Crippen LogP contribution in [0.3, 0.4) is 0 Å². The number of aryl methyl sites for hydroxylation is 1. The van der Waals surface area contributed by atoms with Crippen LogP contribution in [0.5, 0.6) is 0 Å². The molecule has 1 aromatic carbocycles. The Kier molecular flexibility index (Phi) is 2.12. The van der Waals surface area contributed by atoms with Gasteiger partial charge in [-0.3, -0.25) is 0 Å². The number of hydrogen-bond acceptors (Lipinski definition) is 3. The molecule has 1 aliphatic carbocycles. The number of pyridine rings is 1. The summed E-state index contributed by atoms with van der Waals surface area (Å²) in [6, 6.07) is 8.46. The van der Waals surface area contributed by atoms with E-state index in [0.717, 1.165) is 35.2 Å². The molecule has 0 fully saturated rings. The van der Waals surface area contributed by atoms with E-state index >= 15 is 0 Å². The third-order valence-electron chi connectivity index (χ3n) is 3.94. The summed E-state index contributed by atoms with van der Waals surface area (Å²) in [5, 5.41) is 7.87. The summed E-state index contributed by atoms with van der Waals surface area (Å²) in [6.07, 6.45) is 7.16. The predicted molar refractivity (Wildman–Crippen MR) is 74.9 cm³/mol. The van der Waals surface area contributed by atoms with Gasteiger partial charge in [0.05, 0.1) is 11.7 Å². The molecule has 0 atom stereocenters. The maximum absolute atomic E-state index is 6.35. The van der Waals surface area contributed by atoms with Crippen LogP contribution in [0.1, 0.15) is 17.5 Å². The minimum atomic E-state index is 0.937. The summed E-state index contributed by atoms with van der Waals surface area (Å²) in [4.78, 5) is 0. The minimum Gasteiger partial charge on any atom is -0.398 e. The van der Waals surface area contributed by atoms with Crippen molar-refractivity contribution in [1.29, 1.82) is 0 Å². The highest BCUT2D eigenvalue weighted by molar-refractivity contribution is 5.81. The molecular formula is C15H14N4. The lowest BCUT2D eigenvalue weighted by Crippen LogP contribution is -1.97. The zero-order chi connectivity index (χ0) is 12.8. The van der Waals surface area contributed by atoms with Crippen LogP contribution in [-0.2, 0) is 12.8 Å². The summed E-state index contributed by atoms with van der Waals surface area (Å²) >= 11 is 0. The molecule has 0 radical (unpaired) electrons. The zero-order valence-corrected chi connectivity index (χ0v) is 10.5. The van der Waals surface area contributed by atoms with Crippen molar-refractivity contribution in [1.82, 2.24) is 14.8 Å². The van der Waals surface area contributed by atoms with Gasteiger partial charge in [0, 0.05) is 17.4 Å². The first-order valence-electron chi connectivity index (χ1n) is 6.53. The van der Waals surface area contributed by atoms with Crippen LogP contribution in [0.2, 0.25) is 0 Å². The maximum atomic E-state index is 6.35. The second-order valence-electron chi connectivity index (χ2n) is 5.04. The predicted octanol–water partition coefficient (Wildman–Crippen LogP) is 2.47. The van der Waals surface area contributed by atoms with Gasteiger partial charge in [-0.05, 0) is 48.1 Å². The molecule has 2 heterocycles. The molecule has 0 unspecified atom stereocenters. The molecule has 4 rings (SSSR count). The highest BCUT2D eigenvalue weighted by Gasteiger charge is 2.16. The minimum absolute atomic E-state index is 0.937. The van der Waals surface area contributed by atoms with Crippen LogP contribution in [0.15, 0.2) is 36.7 Å². The van der Waals surface area contributed by atoms with E-state index in [1.54, 1.807) is 10.7 Å². The number of aromatic nitrogens is 3. The fraction of sp³-hybridized carbons (Fsp3) is 0.200. The van der Waals surface area contributed by atoms with E-state index in [1.165, 1.54) is 17.5 Å². The molecule has 4 nitrogen and oxygen atoms in total. The molecule has 0 aliphatic heterocycles. The first-order chi connectivity index (χ1) is 9.33. The van der Waals surface area contributed by atoms with Crippen LogP contribution < -0.4 is 5.73 Å². The van der Waals surface area contributed by atoms with Crippen molar-refractivity contribution in [3.05, 3.63) is 47.8 Å². The van der Waals surface area contributed by atoms with Gasteiger partial charge >= 0.3 is 0 Å². The Balaban J connectivity index is 1.92. The number of hydrogen-bond donors (Lipinski definition) is 1. The standard InChI is InChI=1S/C15H14N4/c16-15-13-3-1-2-10(13)4-5-14(15)11-6-7-19-12(8-11)9-17-18-19/h4-9H,1-3,16H2. The third kappa shape index (κ3) is 1.53. The van der Waals surface area contributed by atoms with Crippen LogP contribution in [0.4, 0.5) is 5.69 Å². The molecule has 0 spiro atoms. The van der Waals surface area contributed by atoms with Crippen LogP contribution >= 0.6 is 0 Å². The molecular weight excluding hydrogens is 236 g/mol. The highest BCUT2D eigenvalue weighted by atomic mass is 15.4. The van der Waals surface area contributed by atoms with E-state index in [1.807, 2.05) is 12.3 Å². The van der Waals surface area contributed by atoms with E-state index in [-0.39, 0.29) is 0 Å². The van der Waals surface area contributed by atoms with Crippen molar-refractivity contribution in [3.8, 4) is 11.1 Å². The second-order valence-corrected chi connectivity index (χ2v) is 5.04. The summed E-state index contributed by atoms with van der Waals surface area (Å²) in [6.45, 7) is 0. The van der Waals surface area contributed by atoms with Crippen molar-refractivity contribution in [2.45, 2.75) is 19.3 Å². The fourth-order valence-electron chi connectivity index (χ4n) is 2.94. The largest absolute Gasteiger partial charge is 0.398 e. The SMILES string of the molecule is Nc1c(-c2ccn3nncc3c2)ccc2c1CCC2. The Morgan fingerprint density at radius 1 is 1.16 bits per heavy atom. The Bertz CT molecular complexity index is 773. The number of benzene rings is 1. The van der Waals surface area contributed by atoms with Crippen molar-refractivity contribution >= 4 is 11.2 Å². The van der Waals surface area contributed by atoms with Gasteiger partial charge in [0.2, 0.25) is 0 Å². The maximum Gasteiger partial charge on any atom is 0.0871 e. The molecule has 0 saturated heterocycles. The molecule has 0 amide bonds. The molecule has 3 aromatic rings. The van der Waals surface area contributed by atoms with Crippen molar-refractivity contribution in [2.75, 3.05) is 5.73 Å². The number of nitrogen functional groups attached to an aromatic ring is 1. The van der Waals surface area contributed by atoms with E-state index < -0.39 is 0 Å². The number of anilines is 1. The number of nitrogens with two attached hydrogens (primary N) is 1. The lowest BCUT2D eigenvalue weighted by atomic mass is 9.98. The molecule has 2 N–H and O–H groups in total. The molecule has 2 aromatic heterocycles. The summed E-state index contributed by atoms with van der Waals surface area (Å²) < 4.78 is 1.76. The van der Waals surface area contributed by atoms with Gasteiger partial charge in [-0.15, -0.1) is 5.10 Å². The van der Waals surface area contributed by atoms with E-state index in [4.69, 9.17) is 5.73 Å². The second kappa shape index (κ2) is 3.82. The van der Waals surface area contributed by atoms with E-state index in [0.29, 0.717) is 0 Å². The molecule has 19 heavy (non-hydrogen) atoms. The van der Waals surface area contributed by atoms with Gasteiger partial charge in [-0.25, -0.2) is 4.52 Å². The van der Waals surface area contributed by atoms with Crippen molar-refractivity contribution < 1.29 is 0 Å². The molecule has 0 bridgehead atoms. The first kappa shape index (κ1) is 10.6. The first-order valence-corrected chi connectivity index (χ1v) is 6.53. The van der Waals surface area contributed by atoms with Gasteiger partial charge < -0.3 is 5.73 Å². The molecule has 4 heteroatoms. The Hall–Kier alpha value is -2.36. The van der Waals surface area contributed by atoms with Gasteiger partial charge in [-0.1, -0.05) is 17.3 Å². The molecule has 94 valence electrons. The quantitative estimate of drug-likeness (QED) is 0.675. The van der Waals surface area contributed by atoms with Crippen LogP contribution in [-0.4, -0.2) is 14.8 Å². The number of rotatable bonds is 1. The van der Waals surface area contributed by atoms with E-state index in [9.17, 15) is 0 Å². The van der Waals surface area contributed by atoms with Crippen molar-refractivity contribution in [3.63, 3.8) is 0 Å². The lowest BCUT2D eigenvalue weighted by molar-refractivity contribution is 0.856. The average Bonchev–Trinajstić information content (AvgIpc) is 3.07. The number of fused-ring (bicyclic) bond motifs is 2. The molecule has 0 saturated carbocycles. The average molecular weight is 250 g/mol. The lowest BCUT2D eigenvalue weighted by Gasteiger charge is -2.11. The monoisotopic (exact) mass is 250 g/mol. The molecule has 1 aliphatic rings.